The van der Waals surface area contributed by atoms with E-state index in [2.05, 4.69) is 40.7 Å². The molecule has 2 aromatic heterocycles. The van der Waals surface area contributed by atoms with Gasteiger partial charge in [0.15, 0.2) is 5.13 Å². The number of thiazole rings is 1. The molecule has 0 bridgehead atoms. The number of amides is 1. The van der Waals surface area contributed by atoms with Crippen LogP contribution in [0.2, 0.25) is 5.02 Å². The van der Waals surface area contributed by atoms with E-state index in [9.17, 15) is 9.36 Å². The topological polar surface area (TPSA) is 134 Å². The van der Waals surface area contributed by atoms with Gasteiger partial charge in [-0.05, 0) is 53.4 Å². The summed E-state index contributed by atoms with van der Waals surface area (Å²) >= 11 is 7.46. The Morgan fingerprint density at radius 2 is 1.76 bits per heavy atom. The van der Waals surface area contributed by atoms with Crippen molar-refractivity contribution in [3.63, 3.8) is 0 Å². The molecule has 1 aromatic carbocycles. The summed E-state index contributed by atoms with van der Waals surface area (Å²) in [6.45, 7) is 10.9. The van der Waals surface area contributed by atoms with Gasteiger partial charge >= 0.3 is 7.60 Å². The number of piperazine rings is 1. The maximum absolute atomic E-state index is 12.9. The molecule has 0 spiro atoms. The predicted molar refractivity (Wildman–Crippen MR) is 171 cm³/mol. The number of carbonyl (C=O) groups is 1. The van der Waals surface area contributed by atoms with Gasteiger partial charge in [0.05, 0.1) is 30.1 Å². The lowest BCUT2D eigenvalue weighted by atomic mass is 10.2. The number of anilines is 4. The Balaban J connectivity index is 0.00000155. The molecule has 3 N–H and O–H groups in total. The van der Waals surface area contributed by atoms with Crippen LogP contribution < -0.4 is 20.9 Å². The number of nitrogens with zero attached hydrogens (tertiary/aromatic N) is 5. The van der Waals surface area contributed by atoms with E-state index in [-0.39, 0.29) is 12.2 Å². The second kappa shape index (κ2) is 16.3. The maximum Gasteiger partial charge on any atom is 0.344 e. The van der Waals surface area contributed by atoms with Crippen molar-refractivity contribution < 1.29 is 18.4 Å². The van der Waals surface area contributed by atoms with E-state index in [1.165, 1.54) is 17.5 Å². The van der Waals surface area contributed by atoms with Crippen LogP contribution in [-0.4, -0.2) is 85.5 Å². The van der Waals surface area contributed by atoms with Gasteiger partial charge in [-0.25, -0.2) is 15.0 Å². The smallest absolute Gasteiger partial charge is 0.344 e. The largest absolute Gasteiger partial charge is 0.354 e. The van der Waals surface area contributed by atoms with Gasteiger partial charge in [0.25, 0.3) is 5.91 Å². The van der Waals surface area contributed by atoms with Gasteiger partial charge in [0.2, 0.25) is 0 Å². The number of hydrogen-bond donors (Lipinski definition) is 3. The fourth-order valence-electron chi connectivity index (χ4n) is 4.17. The molecule has 0 aliphatic carbocycles. The van der Waals surface area contributed by atoms with Crippen LogP contribution in [0.1, 0.15) is 34.9 Å². The van der Waals surface area contributed by atoms with Crippen molar-refractivity contribution in [2.75, 3.05) is 75.3 Å². The standard InChI is InChI=1S/C25H33ClN7O4PS.C2H7N/c1-5-36-38(35,37-6-2)16-32-10-12-33(13-11-32)22-14-21(28-18(4)29-22)30-25-27-15-20(39-25)24(34)31-23-17(3)8-7-9-19(23)26;1-3-2/h7-9,14-15H,5-6,10-13,16H2,1-4H3,(H,31,34)(H,27,28,29,30);3H,1-2H3. The number of aromatic nitrogens is 3. The summed E-state index contributed by atoms with van der Waals surface area (Å²) in [5, 5.41) is 9.83. The molecule has 0 saturated carbocycles. The zero-order valence-electron chi connectivity index (χ0n) is 24.9. The molecule has 15 heteroatoms. The number of para-hydroxylation sites is 1. The number of carbonyl (C=O) groups excluding carboxylic acids is 1. The minimum absolute atomic E-state index is 0.272. The average Bonchev–Trinajstić information content (AvgIpc) is 3.40. The third kappa shape index (κ3) is 9.70. The first-order valence-electron chi connectivity index (χ1n) is 13.7. The van der Waals surface area contributed by atoms with E-state index in [0.717, 1.165) is 11.4 Å². The van der Waals surface area contributed by atoms with E-state index < -0.39 is 7.60 Å². The monoisotopic (exact) mass is 638 g/mol. The Kier molecular flexibility index (Phi) is 13.1. The predicted octanol–water partition coefficient (Wildman–Crippen LogP) is 5.38. The van der Waals surface area contributed by atoms with Gasteiger partial charge in [-0.15, -0.1) is 0 Å². The van der Waals surface area contributed by atoms with Crippen molar-refractivity contribution in [1.82, 2.24) is 25.2 Å². The van der Waals surface area contributed by atoms with Crippen LogP contribution in [-0.2, 0) is 13.6 Å². The highest BCUT2D eigenvalue weighted by atomic mass is 35.5. The zero-order valence-corrected chi connectivity index (χ0v) is 27.4. The van der Waals surface area contributed by atoms with E-state index in [4.69, 9.17) is 20.6 Å². The molecule has 1 aliphatic heterocycles. The van der Waals surface area contributed by atoms with Gasteiger partial charge in [-0.3, -0.25) is 14.3 Å². The first-order chi connectivity index (χ1) is 20.1. The lowest BCUT2D eigenvalue weighted by Crippen LogP contribution is -2.47. The van der Waals surface area contributed by atoms with E-state index >= 15 is 0 Å². The normalized spacial score (nSPS) is 13.8. The second-order valence-electron chi connectivity index (χ2n) is 9.39. The van der Waals surface area contributed by atoms with Crippen LogP contribution in [0, 0.1) is 13.8 Å². The molecule has 0 unspecified atom stereocenters. The van der Waals surface area contributed by atoms with Crippen LogP contribution >= 0.6 is 30.5 Å². The molecule has 1 saturated heterocycles. The lowest BCUT2D eigenvalue weighted by molar-refractivity contribution is 0.103. The fourth-order valence-corrected chi connectivity index (χ4v) is 6.95. The number of benzene rings is 1. The molecule has 0 atom stereocenters. The molecule has 4 rings (SSSR count). The minimum atomic E-state index is -3.13. The van der Waals surface area contributed by atoms with Crippen LogP contribution in [0.5, 0.6) is 0 Å². The second-order valence-corrected chi connectivity index (χ2v) is 12.9. The minimum Gasteiger partial charge on any atom is -0.354 e. The number of aryl methyl sites for hydroxylation is 2. The average molecular weight is 639 g/mol. The maximum atomic E-state index is 12.9. The summed E-state index contributed by atoms with van der Waals surface area (Å²) in [5.74, 6) is 1.69. The van der Waals surface area contributed by atoms with Crippen molar-refractivity contribution in [1.29, 1.82) is 0 Å². The van der Waals surface area contributed by atoms with E-state index in [0.29, 0.717) is 71.8 Å². The molecule has 0 radical (unpaired) electrons. The Morgan fingerprint density at radius 3 is 2.38 bits per heavy atom. The Morgan fingerprint density at radius 1 is 1.10 bits per heavy atom. The molecular weight excluding hydrogens is 599 g/mol. The molecule has 1 aliphatic rings. The first-order valence-corrected chi connectivity index (χ1v) is 16.6. The van der Waals surface area contributed by atoms with Crippen LogP contribution in [0.15, 0.2) is 30.5 Å². The number of rotatable bonds is 11. The Labute approximate surface area is 256 Å². The zero-order chi connectivity index (χ0) is 30.7. The van der Waals surface area contributed by atoms with Crippen molar-refractivity contribution in [2.45, 2.75) is 27.7 Å². The highest BCUT2D eigenvalue weighted by Crippen LogP contribution is 2.48. The summed E-state index contributed by atoms with van der Waals surface area (Å²) in [6.07, 6.45) is 1.79. The lowest BCUT2D eigenvalue weighted by Gasteiger charge is -2.36. The molecule has 3 aromatic rings. The van der Waals surface area contributed by atoms with Gasteiger partial charge in [-0.1, -0.05) is 35.1 Å². The van der Waals surface area contributed by atoms with Crippen molar-refractivity contribution in [3.8, 4) is 0 Å². The third-order valence-corrected chi connectivity index (χ3v) is 9.25. The summed E-state index contributed by atoms with van der Waals surface area (Å²) < 4.78 is 23.8. The van der Waals surface area contributed by atoms with E-state index in [1.807, 2.05) is 60.0 Å². The number of hydrogen-bond acceptors (Lipinski definition) is 12. The molecule has 3 heterocycles. The Hall–Kier alpha value is -2.64. The fraction of sp³-hybridized carbons (Fsp3) is 0.481. The van der Waals surface area contributed by atoms with Crippen molar-refractivity contribution >= 4 is 58.9 Å². The van der Waals surface area contributed by atoms with Crippen molar-refractivity contribution in [2.24, 2.45) is 0 Å². The SMILES string of the molecule is CCOP(=O)(CN1CCN(c2cc(Nc3ncc(C(=O)Nc4c(C)cccc4Cl)s3)nc(C)n2)CC1)OCC.CNC. The number of halogens is 1. The van der Waals surface area contributed by atoms with Crippen LogP contribution in [0.25, 0.3) is 0 Å². The van der Waals surface area contributed by atoms with Crippen LogP contribution in [0.3, 0.4) is 0 Å². The van der Waals surface area contributed by atoms with Crippen LogP contribution in [0.4, 0.5) is 22.5 Å². The Bertz CT molecular complexity index is 1340. The summed E-state index contributed by atoms with van der Waals surface area (Å²) in [4.78, 5) is 30.9. The molecule has 1 fully saturated rings. The van der Waals surface area contributed by atoms with Gasteiger partial charge < -0.3 is 29.9 Å². The molecule has 230 valence electrons. The molecule has 42 heavy (non-hydrogen) atoms. The quantitative estimate of drug-likeness (QED) is 0.234. The van der Waals surface area contributed by atoms with Gasteiger partial charge in [-0.2, -0.15) is 0 Å². The van der Waals surface area contributed by atoms with Crippen molar-refractivity contribution in [3.05, 3.63) is 51.7 Å². The summed E-state index contributed by atoms with van der Waals surface area (Å²) in [7, 11) is 0.617. The van der Waals surface area contributed by atoms with Gasteiger partial charge in [0.1, 0.15) is 28.6 Å². The first kappa shape index (κ1) is 33.9. The molecule has 12 nitrogen and oxygen atoms in total. The number of nitrogens with one attached hydrogen (secondary N) is 3. The third-order valence-electron chi connectivity index (χ3n) is 5.97. The van der Waals surface area contributed by atoms with Gasteiger partial charge in [0, 0.05) is 32.2 Å². The molecular formula is C27H40ClN8O4PS. The van der Waals surface area contributed by atoms with E-state index in [1.54, 1.807) is 6.07 Å². The highest BCUT2D eigenvalue weighted by molar-refractivity contribution is 7.53. The highest BCUT2D eigenvalue weighted by Gasteiger charge is 2.29. The summed E-state index contributed by atoms with van der Waals surface area (Å²) in [6, 6.07) is 7.32. The summed E-state index contributed by atoms with van der Waals surface area (Å²) in [5.41, 5.74) is 1.46. The molecule has 1 amide bonds.